The molecule has 0 aliphatic heterocycles. The molecule has 5 nitrogen and oxygen atoms in total. The molecule has 0 bridgehead atoms. The number of nitrogens with zero attached hydrogens (tertiary/aromatic N) is 1. The maximum absolute atomic E-state index is 13.0. The van der Waals surface area contributed by atoms with Gasteiger partial charge in [0.05, 0.1) is 19.0 Å². The highest BCUT2D eigenvalue weighted by molar-refractivity contribution is 6.06. The van der Waals surface area contributed by atoms with Gasteiger partial charge in [0.1, 0.15) is 11.3 Å². The number of rotatable bonds is 3. The van der Waals surface area contributed by atoms with Crippen molar-refractivity contribution >= 4 is 16.7 Å². The minimum atomic E-state index is -0.731. The van der Waals surface area contributed by atoms with E-state index in [1.54, 1.807) is 10.6 Å². The Kier molecular flexibility index (Phi) is 4.08. The van der Waals surface area contributed by atoms with E-state index in [0.29, 0.717) is 11.9 Å². The van der Waals surface area contributed by atoms with Crippen molar-refractivity contribution in [2.45, 2.75) is 13.5 Å². The first-order valence-electron chi connectivity index (χ1n) is 7.51. The lowest BCUT2D eigenvalue weighted by Crippen LogP contribution is -2.24. The number of methoxy groups -OCH3 is 1. The Hall–Kier alpha value is -3.08. The van der Waals surface area contributed by atoms with Crippen LogP contribution in [0.15, 0.2) is 53.3 Å². The molecule has 24 heavy (non-hydrogen) atoms. The summed E-state index contributed by atoms with van der Waals surface area (Å²) in [6.45, 7) is 2.23. The molecule has 5 heteroatoms. The molecule has 0 saturated heterocycles. The predicted molar refractivity (Wildman–Crippen MR) is 91.5 cm³/mol. The minimum absolute atomic E-state index is 0.0955. The summed E-state index contributed by atoms with van der Waals surface area (Å²) in [4.78, 5) is 25.0. The molecule has 0 saturated carbocycles. The van der Waals surface area contributed by atoms with Gasteiger partial charge in [0, 0.05) is 5.69 Å². The Morgan fingerprint density at radius 3 is 2.54 bits per heavy atom. The van der Waals surface area contributed by atoms with E-state index in [1.807, 2.05) is 43.3 Å². The molecule has 0 aliphatic carbocycles. The van der Waals surface area contributed by atoms with E-state index in [-0.39, 0.29) is 22.3 Å². The molecule has 2 aromatic carbocycles. The highest BCUT2D eigenvalue weighted by atomic mass is 16.5. The average molecular weight is 323 g/mol. The van der Waals surface area contributed by atoms with Crippen LogP contribution in [0, 0.1) is 6.92 Å². The van der Waals surface area contributed by atoms with Gasteiger partial charge in [-0.05, 0) is 30.0 Å². The van der Waals surface area contributed by atoms with Gasteiger partial charge >= 0.3 is 5.97 Å². The molecular formula is C19H17NO4. The molecule has 0 unspecified atom stereocenters. The number of hydrogen-bond donors (Lipinski definition) is 1. The van der Waals surface area contributed by atoms with Crippen LogP contribution >= 0.6 is 0 Å². The number of aromatic nitrogens is 1. The van der Waals surface area contributed by atoms with Crippen molar-refractivity contribution < 1.29 is 14.6 Å². The fraction of sp³-hybridized carbons (Fsp3) is 0.158. The molecule has 1 aromatic heterocycles. The van der Waals surface area contributed by atoms with Gasteiger partial charge in [0.15, 0.2) is 0 Å². The second-order valence-corrected chi connectivity index (χ2v) is 5.58. The molecular weight excluding hydrogens is 306 g/mol. The van der Waals surface area contributed by atoms with Crippen LogP contribution in [-0.2, 0) is 11.3 Å². The number of aryl methyl sites for hydroxylation is 1. The molecule has 0 spiro atoms. The van der Waals surface area contributed by atoms with Gasteiger partial charge in [-0.15, -0.1) is 0 Å². The topological polar surface area (TPSA) is 68.5 Å². The molecule has 1 N–H and O–H groups in total. The largest absolute Gasteiger partial charge is 0.507 e. The number of benzene rings is 2. The van der Waals surface area contributed by atoms with E-state index in [9.17, 15) is 14.7 Å². The highest BCUT2D eigenvalue weighted by Gasteiger charge is 2.20. The number of pyridine rings is 1. The summed E-state index contributed by atoms with van der Waals surface area (Å²) in [6.07, 6.45) is 0. The SMILES string of the molecule is COC(=O)c1c(O)ccc2cc(C)n(Cc3ccccc3)c(=O)c12. The van der Waals surface area contributed by atoms with Gasteiger partial charge in [-0.3, -0.25) is 4.79 Å². The quantitative estimate of drug-likeness (QED) is 0.753. The molecule has 0 aliphatic rings. The third-order valence-electron chi connectivity index (χ3n) is 4.04. The highest BCUT2D eigenvalue weighted by Crippen LogP contribution is 2.26. The summed E-state index contributed by atoms with van der Waals surface area (Å²) in [5.41, 5.74) is 1.33. The number of phenolic OH excluding ortho intramolecular Hbond substituents is 1. The third kappa shape index (κ3) is 2.65. The Morgan fingerprint density at radius 1 is 1.17 bits per heavy atom. The molecule has 0 radical (unpaired) electrons. The summed E-state index contributed by atoms with van der Waals surface area (Å²) in [5.74, 6) is -0.994. The zero-order valence-electron chi connectivity index (χ0n) is 13.4. The molecule has 122 valence electrons. The lowest BCUT2D eigenvalue weighted by Gasteiger charge is -2.14. The Bertz CT molecular complexity index is 974. The van der Waals surface area contributed by atoms with Crippen LogP contribution in [-0.4, -0.2) is 22.8 Å². The Labute approximate surface area is 138 Å². The molecule has 0 fully saturated rings. The second kappa shape index (κ2) is 6.20. The molecule has 1 heterocycles. The van der Waals surface area contributed by atoms with Gasteiger partial charge < -0.3 is 14.4 Å². The van der Waals surface area contributed by atoms with E-state index in [1.165, 1.54) is 13.2 Å². The van der Waals surface area contributed by atoms with Gasteiger partial charge in [0.25, 0.3) is 5.56 Å². The fourth-order valence-corrected chi connectivity index (χ4v) is 2.83. The molecule has 0 amide bonds. The van der Waals surface area contributed by atoms with Crippen molar-refractivity contribution in [1.82, 2.24) is 4.57 Å². The average Bonchev–Trinajstić information content (AvgIpc) is 2.59. The zero-order valence-corrected chi connectivity index (χ0v) is 13.4. The lowest BCUT2D eigenvalue weighted by atomic mass is 10.0. The number of ether oxygens (including phenoxy) is 1. The smallest absolute Gasteiger partial charge is 0.342 e. The van der Waals surface area contributed by atoms with Crippen molar-refractivity contribution in [3.8, 4) is 5.75 Å². The van der Waals surface area contributed by atoms with E-state index in [0.717, 1.165) is 11.3 Å². The number of carbonyl (C=O) groups is 1. The van der Waals surface area contributed by atoms with E-state index in [4.69, 9.17) is 4.74 Å². The summed E-state index contributed by atoms with van der Waals surface area (Å²) in [5, 5.41) is 10.8. The molecule has 0 atom stereocenters. The number of aromatic hydroxyl groups is 1. The zero-order chi connectivity index (χ0) is 17.3. The van der Waals surface area contributed by atoms with Crippen molar-refractivity contribution in [3.63, 3.8) is 0 Å². The van der Waals surface area contributed by atoms with Crippen LogP contribution in [0.5, 0.6) is 5.75 Å². The van der Waals surface area contributed by atoms with Crippen LogP contribution in [0.2, 0.25) is 0 Å². The van der Waals surface area contributed by atoms with Crippen molar-refractivity contribution in [1.29, 1.82) is 0 Å². The minimum Gasteiger partial charge on any atom is -0.507 e. The number of phenols is 1. The number of fused-ring (bicyclic) bond motifs is 1. The summed E-state index contributed by atoms with van der Waals surface area (Å²) < 4.78 is 6.31. The first-order valence-corrected chi connectivity index (χ1v) is 7.51. The summed E-state index contributed by atoms with van der Waals surface area (Å²) in [7, 11) is 1.22. The number of carbonyl (C=O) groups excluding carboxylic acids is 1. The number of esters is 1. The van der Waals surface area contributed by atoms with Gasteiger partial charge in [-0.2, -0.15) is 0 Å². The van der Waals surface area contributed by atoms with Crippen LogP contribution in [0.3, 0.4) is 0 Å². The van der Waals surface area contributed by atoms with Crippen LogP contribution in [0.1, 0.15) is 21.6 Å². The Morgan fingerprint density at radius 2 is 1.88 bits per heavy atom. The van der Waals surface area contributed by atoms with Crippen LogP contribution in [0.25, 0.3) is 10.8 Å². The predicted octanol–water partition coefficient (Wildman–Crippen LogP) is 2.85. The summed E-state index contributed by atoms with van der Waals surface area (Å²) in [6, 6.07) is 14.4. The van der Waals surface area contributed by atoms with Crippen molar-refractivity contribution in [2.75, 3.05) is 7.11 Å². The molecule has 3 aromatic rings. The van der Waals surface area contributed by atoms with Gasteiger partial charge in [0.2, 0.25) is 0 Å². The third-order valence-corrected chi connectivity index (χ3v) is 4.04. The lowest BCUT2D eigenvalue weighted by molar-refractivity contribution is 0.0599. The Balaban J connectivity index is 2.29. The van der Waals surface area contributed by atoms with E-state index in [2.05, 4.69) is 0 Å². The van der Waals surface area contributed by atoms with E-state index < -0.39 is 5.97 Å². The fourth-order valence-electron chi connectivity index (χ4n) is 2.83. The summed E-state index contributed by atoms with van der Waals surface area (Å²) >= 11 is 0. The monoisotopic (exact) mass is 323 g/mol. The normalized spacial score (nSPS) is 10.8. The second-order valence-electron chi connectivity index (χ2n) is 5.58. The van der Waals surface area contributed by atoms with Crippen molar-refractivity contribution in [3.05, 3.63) is 75.7 Å². The van der Waals surface area contributed by atoms with Crippen molar-refractivity contribution in [2.24, 2.45) is 0 Å². The first kappa shape index (κ1) is 15.8. The number of hydrogen-bond acceptors (Lipinski definition) is 4. The van der Waals surface area contributed by atoms with Crippen LogP contribution < -0.4 is 5.56 Å². The first-order chi connectivity index (χ1) is 11.5. The maximum atomic E-state index is 13.0. The van der Waals surface area contributed by atoms with Crippen LogP contribution in [0.4, 0.5) is 0 Å². The van der Waals surface area contributed by atoms with Gasteiger partial charge in [-0.25, -0.2) is 4.79 Å². The standard InChI is InChI=1S/C19H17NO4/c1-12-10-14-8-9-15(21)17(19(23)24-2)16(14)18(22)20(12)11-13-6-4-3-5-7-13/h3-10,21H,11H2,1-2H3. The van der Waals surface area contributed by atoms with E-state index >= 15 is 0 Å². The molecule has 3 rings (SSSR count). The van der Waals surface area contributed by atoms with Gasteiger partial charge in [-0.1, -0.05) is 36.4 Å². The maximum Gasteiger partial charge on any atom is 0.342 e.